The van der Waals surface area contributed by atoms with Crippen LogP contribution in [0.5, 0.6) is 0 Å². The lowest BCUT2D eigenvalue weighted by Gasteiger charge is -2.41. The summed E-state index contributed by atoms with van der Waals surface area (Å²) in [6.45, 7) is 4.00. The van der Waals surface area contributed by atoms with Gasteiger partial charge in [-0.15, -0.1) is 0 Å². The Bertz CT molecular complexity index is 795. The van der Waals surface area contributed by atoms with Gasteiger partial charge in [-0.05, 0) is 43.8 Å². The number of amides is 2. The third kappa shape index (κ3) is 4.76. The topological polar surface area (TPSA) is 52.7 Å². The fourth-order valence-electron chi connectivity index (χ4n) is 3.34. The molecule has 1 aliphatic rings. The van der Waals surface area contributed by atoms with E-state index in [4.69, 9.17) is 0 Å². The highest BCUT2D eigenvalue weighted by Gasteiger charge is 2.33. The van der Waals surface area contributed by atoms with Crippen LogP contribution in [0.4, 0.5) is 0 Å². The Kier molecular flexibility index (Phi) is 6.29. The Morgan fingerprint density at radius 1 is 1.07 bits per heavy atom. The minimum atomic E-state index is -0.587. The van der Waals surface area contributed by atoms with Gasteiger partial charge in [0.25, 0.3) is 5.91 Å². The van der Waals surface area contributed by atoms with Crippen molar-refractivity contribution in [2.24, 2.45) is 0 Å². The molecule has 1 fully saturated rings. The summed E-state index contributed by atoms with van der Waals surface area (Å²) in [5.74, 6) is -0.295. The minimum Gasteiger partial charge on any atom is -0.341 e. The van der Waals surface area contributed by atoms with Gasteiger partial charge in [0.2, 0.25) is 5.91 Å². The largest absolute Gasteiger partial charge is 0.341 e. The first-order chi connectivity index (χ1) is 13.0. The number of piperazine rings is 1. The second-order valence-electron chi connectivity index (χ2n) is 6.92. The second-order valence-corrected chi connectivity index (χ2v) is 7.84. The van der Waals surface area contributed by atoms with E-state index < -0.39 is 6.04 Å². The molecular weight excluding hydrogens is 406 g/mol. The van der Waals surface area contributed by atoms with Gasteiger partial charge in [-0.1, -0.05) is 46.3 Å². The van der Waals surface area contributed by atoms with Crippen LogP contribution in [-0.4, -0.2) is 54.3 Å². The van der Waals surface area contributed by atoms with Crippen molar-refractivity contribution in [1.82, 2.24) is 15.1 Å². The van der Waals surface area contributed by atoms with Gasteiger partial charge in [0.05, 0.1) is 6.04 Å². The molecular formula is C21H24BrN3O2. The van der Waals surface area contributed by atoms with Gasteiger partial charge in [0.1, 0.15) is 6.04 Å². The number of halogens is 1. The lowest BCUT2D eigenvalue weighted by molar-refractivity contribution is -0.137. The predicted octanol–water partition coefficient (Wildman–Crippen LogP) is 3.08. The summed E-state index contributed by atoms with van der Waals surface area (Å²) in [4.78, 5) is 29.7. The maximum Gasteiger partial charge on any atom is 0.251 e. The van der Waals surface area contributed by atoms with E-state index in [1.807, 2.05) is 35.2 Å². The number of hydrogen-bond donors (Lipinski definition) is 1. The van der Waals surface area contributed by atoms with E-state index >= 15 is 0 Å². The van der Waals surface area contributed by atoms with E-state index in [0.717, 1.165) is 23.1 Å². The van der Waals surface area contributed by atoms with Gasteiger partial charge < -0.3 is 15.1 Å². The van der Waals surface area contributed by atoms with Crippen molar-refractivity contribution in [1.29, 1.82) is 0 Å². The van der Waals surface area contributed by atoms with Crippen molar-refractivity contribution in [3.8, 4) is 0 Å². The highest BCUT2D eigenvalue weighted by molar-refractivity contribution is 9.10. The first kappa shape index (κ1) is 19.6. The second kappa shape index (κ2) is 8.67. The molecule has 2 atom stereocenters. The third-order valence-electron chi connectivity index (χ3n) is 4.88. The summed E-state index contributed by atoms with van der Waals surface area (Å²) < 4.78 is 0.909. The number of carbonyl (C=O) groups excluding carboxylic acids is 2. The van der Waals surface area contributed by atoms with Crippen LogP contribution >= 0.6 is 15.9 Å². The third-order valence-corrected chi connectivity index (χ3v) is 5.40. The fourth-order valence-corrected chi connectivity index (χ4v) is 3.60. The molecule has 5 nitrogen and oxygen atoms in total. The summed E-state index contributed by atoms with van der Waals surface area (Å²) in [6.07, 6.45) is 0. The summed E-state index contributed by atoms with van der Waals surface area (Å²) in [6, 6.07) is 16.6. The lowest BCUT2D eigenvalue weighted by Crippen LogP contribution is -2.54. The van der Waals surface area contributed by atoms with Crippen LogP contribution in [0.1, 0.15) is 28.9 Å². The van der Waals surface area contributed by atoms with Crippen LogP contribution in [0.15, 0.2) is 59.1 Å². The van der Waals surface area contributed by atoms with Gasteiger partial charge >= 0.3 is 0 Å². The average Bonchev–Trinajstić information content (AvgIpc) is 2.68. The molecule has 0 aromatic heterocycles. The van der Waals surface area contributed by atoms with Gasteiger partial charge in [-0.2, -0.15) is 0 Å². The van der Waals surface area contributed by atoms with E-state index in [2.05, 4.69) is 45.3 Å². The molecule has 142 valence electrons. The molecule has 1 N–H and O–H groups in total. The molecule has 1 saturated heterocycles. The number of likely N-dealkylation sites (N-methyl/N-ethyl adjacent to an activating group) is 1. The monoisotopic (exact) mass is 429 g/mol. The van der Waals surface area contributed by atoms with E-state index in [0.29, 0.717) is 12.1 Å². The highest BCUT2D eigenvalue weighted by Crippen LogP contribution is 2.25. The SMILES string of the molecule is CC(NC(=O)c1ccc(Br)cc1)C(=O)N1CCN(C)CC1c1ccccc1. The maximum atomic E-state index is 13.1. The van der Waals surface area contributed by atoms with Crippen molar-refractivity contribution in [2.45, 2.75) is 19.0 Å². The van der Waals surface area contributed by atoms with Gasteiger partial charge in [-0.3, -0.25) is 9.59 Å². The van der Waals surface area contributed by atoms with Crippen molar-refractivity contribution in [3.05, 3.63) is 70.2 Å². The Balaban J connectivity index is 1.72. The zero-order valence-electron chi connectivity index (χ0n) is 15.6. The summed E-state index contributed by atoms with van der Waals surface area (Å²) >= 11 is 3.36. The molecule has 2 aromatic carbocycles. The number of rotatable bonds is 4. The van der Waals surface area contributed by atoms with Crippen molar-refractivity contribution < 1.29 is 9.59 Å². The zero-order chi connectivity index (χ0) is 19.4. The molecule has 0 saturated carbocycles. The molecule has 3 rings (SSSR count). The Morgan fingerprint density at radius 3 is 2.41 bits per heavy atom. The number of carbonyl (C=O) groups is 2. The van der Waals surface area contributed by atoms with Crippen LogP contribution in [0.2, 0.25) is 0 Å². The van der Waals surface area contributed by atoms with Crippen LogP contribution in [0, 0.1) is 0 Å². The van der Waals surface area contributed by atoms with E-state index in [-0.39, 0.29) is 17.9 Å². The standard InChI is InChI=1S/C21H24BrN3O2/c1-15(23-20(26)17-8-10-18(22)11-9-17)21(27)25-13-12-24(2)14-19(25)16-6-4-3-5-7-16/h3-11,15,19H,12-14H2,1-2H3,(H,23,26). The predicted molar refractivity (Wildman–Crippen MR) is 109 cm³/mol. The molecule has 2 unspecified atom stereocenters. The maximum absolute atomic E-state index is 13.1. The number of benzene rings is 2. The summed E-state index contributed by atoms with van der Waals surface area (Å²) in [5, 5.41) is 2.84. The molecule has 27 heavy (non-hydrogen) atoms. The van der Waals surface area contributed by atoms with Gasteiger partial charge in [-0.25, -0.2) is 0 Å². The smallest absolute Gasteiger partial charge is 0.251 e. The first-order valence-corrected chi connectivity index (χ1v) is 9.85. The Hall–Kier alpha value is -2.18. The first-order valence-electron chi connectivity index (χ1n) is 9.06. The van der Waals surface area contributed by atoms with Crippen LogP contribution < -0.4 is 5.32 Å². The average molecular weight is 430 g/mol. The van der Waals surface area contributed by atoms with E-state index in [1.165, 1.54) is 0 Å². The van der Waals surface area contributed by atoms with Crippen LogP contribution in [0.3, 0.4) is 0 Å². The van der Waals surface area contributed by atoms with Crippen molar-refractivity contribution in [2.75, 3.05) is 26.7 Å². The summed E-state index contributed by atoms with van der Waals surface area (Å²) in [5.41, 5.74) is 1.65. The Labute approximate surface area is 168 Å². The molecule has 0 bridgehead atoms. The molecule has 6 heteroatoms. The zero-order valence-corrected chi connectivity index (χ0v) is 17.1. The Morgan fingerprint density at radius 2 is 1.74 bits per heavy atom. The molecule has 2 aromatic rings. The highest BCUT2D eigenvalue weighted by atomic mass is 79.9. The molecule has 0 aliphatic carbocycles. The van der Waals surface area contributed by atoms with Gasteiger partial charge in [0, 0.05) is 29.7 Å². The van der Waals surface area contributed by atoms with Crippen LogP contribution in [-0.2, 0) is 4.79 Å². The van der Waals surface area contributed by atoms with Crippen molar-refractivity contribution >= 4 is 27.7 Å². The minimum absolute atomic E-state index is 0.00974. The van der Waals surface area contributed by atoms with Crippen LogP contribution in [0.25, 0.3) is 0 Å². The van der Waals surface area contributed by atoms with Gasteiger partial charge in [0.15, 0.2) is 0 Å². The number of nitrogens with zero attached hydrogens (tertiary/aromatic N) is 2. The lowest BCUT2D eigenvalue weighted by atomic mass is 10.0. The fraction of sp³-hybridized carbons (Fsp3) is 0.333. The number of hydrogen-bond acceptors (Lipinski definition) is 3. The van der Waals surface area contributed by atoms with Crippen molar-refractivity contribution in [3.63, 3.8) is 0 Å². The summed E-state index contributed by atoms with van der Waals surface area (Å²) in [7, 11) is 2.07. The molecule has 1 aliphatic heterocycles. The molecule has 0 radical (unpaired) electrons. The normalized spacial score (nSPS) is 18.8. The molecule has 1 heterocycles. The van der Waals surface area contributed by atoms with E-state index in [1.54, 1.807) is 19.1 Å². The number of nitrogens with one attached hydrogen (secondary N) is 1. The van der Waals surface area contributed by atoms with E-state index in [9.17, 15) is 9.59 Å². The molecule has 0 spiro atoms. The quantitative estimate of drug-likeness (QED) is 0.812. The molecule has 2 amide bonds.